The second-order valence-electron chi connectivity index (χ2n) is 3.75. The number of rotatable bonds is 4. The van der Waals surface area contributed by atoms with Crippen LogP contribution in [-0.4, -0.2) is 19.7 Å². The van der Waals surface area contributed by atoms with Gasteiger partial charge in [-0.05, 0) is 6.42 Å². The van der Waals surface area contributed by atoms with Crippen molar-refractivity contribution in [3.05, 3.63) is 24.3 Å². The van der Waals surface area contributed by atoms with Crippen LogP contribution >= 0.6 is 0 Å². The van der Waals surface area contributed by atoms with E-state index < -0.39 is 0 Å². The third-order valence-corrected chi connectivity index (χ3v) is 2.15. The van der Waals surface area contributed by atoms with Crippen LogP contribution in [-0.2, 0) is 13.5 Å². The molecule has 6 nitrogen and oxygen atoms in total. The maximum Gasteiger partial charge on any atom is 0.224 e. The summed E-state index contributed by atoms with van der Waals surface area (Å²) in [6.07, 6.45) is 5.14. The number of anilines is 1. The number of aromatic nitrogens is 4. The smallest absolute Gasteiger partial charge is 0.224 e. The van der Waals surface area contributed by atoms with Gasteiger partial charge in [-0.25, -0.2) is 4.98 Å². The quantitative estimate of drug-likeness (QED) is 0.866. The zero-order chi connectivity index (χ0) is 12.3. The lowest BCUT2D eigenvalue weighted by Crippen LogP contribution is -2.01. The van der Waals surface area contributed by atoms with Crippen molar-refractivity contribution in [3.63, 3.8) is 0 Å². The molecular weight excluding hydrogens is 218 g/mol. The Bertz CT molecular complexity index is 508. The second-order valence-corrected chi connectivity index (χ2v) is 3.75. The Kier molecular flexibility index (Phi) is 3.22. The summed E-state index contributed by atoms with van der Waals surface area (Å²) in [6, 6.07) is 1.60. The predicted octanol–water partition coefficient (Wildman–Crippen LogP) is 1.54. The Morgan fingerprint density at radius 3 is 2.88 bits per heavy atom. The van der Waals surface area contributed by atoms with Crippen LogP contribution < -0.4 is 10.5 Å². The highest BCUT2D eigenvalue weighted by atomic mass is 16.5. The number of hydrogen-bond donors (Lipinski definition) is 1. The van der Waals surface area contributed by atoms with Crippen molar-refractivity contribution >= 4 is 5.82 Å². The highest BCUT2D eigenvalue weighted by Gasteiger charge is 2.05. The molecule has 0 unspecified atom stereocenters. The van der Waals surface area contributed by atoms with Gasteiger partial charge in [0, 0.05) is 19.5 Å². The molecule has 90 valence electrons. The Labute approximate surface area is 99.4 Å². The molecule has 0 aliphatic rings. The van der Waals surface area contributed by atoms with E-state index in [-0.39, 0.29) is 0 Å². The predicted molar refractivity (Wildman–Crippen MR) is 63.7 cm³/mol. The van der Waals surface area contributed by atoms with Gasteiger partial charge in [-0.3, -0.25) is 4.68 Å². The standard InChI is InChI=1S/C11H15N5O/c1-3-4-10-14-9(12)5-11(15-10)17-8-6-13-16(2)7-8/h5-7H,3-4H2,1-2H3,(H2,12,14,15). The van der Waals surface area contributed by atoms with Gasteiger partial charge in [0.05, 0.1) is 12.4 Å². The molecule has 0 aromatic carbocycles. The molecule has 0 radical (unpaired) electrons. The summed E-state index contributed by atoms with van der Waals surface area (Å²) >= 11 is 0. The van der Waals surface area contributed by atoms with E-state index in [1.165, 1.54) is 0 Å². The van der Waals surface area contributed by atoms with Crippen molar-refractivity contribution in [2.24, 2.45) is 7.05 Å². The minimum Gasteiger partial charge on any atom is -0.436 e. The first-order chi connectivity index (χ1) is 8.17. The van der Waals surface area contributed by atoms with Crippen LogP contribution in [0, 0.1) is 0 Å². The largest absolute Gasteiger partial charge is 0.436 e. The van der Waals surface area contributed by atoms with E-state index in [2.05, 4.69) is 22.0 Å². The summed E-state index contributed by atoms with van der Waals surface area (Å²) in [5.74, 6) is 2.20. The molecule has 17 heavy (non-hydrogen) atoms. The van der Waals surface area contributed by atoms with Crippen LogP contribution in [0.25, 0.3) is 0 Å². The molecular formula is C11H15N5O. The lowest BCUT2D eigenvalue weighted by molar-refractivity contribution is 0.458. The van der Waals surface area contributed by atoms with Crippen LogP contribution in [0.5, 0.6) is 11.6 Å². The third-order valence-electron chi connectivity index (χ3n) is 2.15. The van der Waals surface area contributed by atoms with Gasteiger partial charge in [-0.1, -0.05) is 6.92 Å². The van der Waals surface area contributed by atoms with E-state index in [9.17, 15) is 0 Å². The molecule has 0 fully saturated rings. The van der Waals surface area contributed by atoms with Crippen molar-refractivity contribution in [1.82, 2.24) is 19.7 Å². The van der Waals surface area contributed by atoms with Crippen molar-refractivity contribution in [3.8, 4) is 11.6 Å². The average Bonchev–Trinajstić information content (AvgIpc) is 2.63. The zero-order valence-electron chi connectivity index (χ0n) is 9.92. The summed E-state index contributed by atoms with van der Waals surface area (Å²) in [4.78, 5) is 8.41. The number of ether oxygens (including phenoxy) is 1. The first-order valence-electron chi connectivity index (χ1n) is 5.47. The van der Waals surface area contributed by atoms with E-state index in [4.69, 9.17) is 10.5 Å². The molecule has 0 aliphatic heterocycles. The lowest BCUT2D eigenvalue weighted by atomic mass is 10.3. The maximum absolute atomic E-state index is 5.70. The highest BCUT2D eigenvalue weighted by Crippen LogP contribution is 2.20. The summed E-state index contributed by atoms with van der Waals surface area (Å²) in [5, 5.41) is 4.01. The Morgan fingerprint density at radius 2 is 2.24 bits per heavy atom. The molecule has 0 spiro atoms. The molecule has 6 heteroatoms. The van der Waals surface area contributed by atoms with Crippen molar-refractivity contribution < 1.29 is 4.74 Å². The Morgan fingerprint density at radius 1 is 1.41 bits per heavy atom. The minimum atomic E-state index is 0.419. The fraction of sp³-hybridized carbons (Fsp3) is 0.364. The molecule has 0 saturated carbocycles. The molecule has 2 heterocycles. The molecule has 2 aromatic rings. The van der Waals surface area contributed by atoms with Gasteiger partial charge < -0.3 is 10.5 Å². The summed E-state index contributed by atoms with van der Waals surface area (Å²) in [6.45, 7) is 2.06. The van der Waals surface area contributed by atoms with E-state index in [0.29, 0.717) is 23.3 Å². The number of hydrogen-bond acceptors (Lipinski definition) is 5. The summed E-state index contributed by atoms with van der Waals surface area (Å²) < 4.78 is 7.21. The van der Waals surface area contributed by atoms with E-state index in [0.717, 1.165) is 12.8 Å². The van der Waals surface area contributed by atoms with Gasteiger partial charge in [0.2, 0.25) is 5.88 Å². The van der Waals surface area contributed by atoms with Crippen LogP contribution in [0.1, 0.15) is 19.2 Å². The van der Waals surface area contributed by atoms with Gasteiger partial charge in [0.15, 0.2) is 5.75 Å². The van der Waals surface area contributed by atoms with Crippen LogP contribution in [0.2, 0.25) is 0 Å². The number of nitrogens with two attached hydrogens (primary N) is 1. The number of nitrogen functional groups attached to an aromatic ring is 1. The molecule has 0 bridgehead atoms. The summed E-state index contributed by atoms with van der Waals surface area (Å²) in [7, 11) is 1.82. The minimum absolute atomic E-state index is 0.419. The first kappa shape index (κ1) is 11.4. The zero-order valence-corrected chi connectivity index (χ0v) is 9.92. The van der Waals surface area contributed by atoms with Crippen molar-refractivity contribution in [1.29, 1.82) is 0 Å². The second kappa shape index (κ2) is 4.82. The van der Waals surface area contributed by atoms with E-state index >= 15 is 0 Å². The highest BCUT2D eigenvalue weighted by molar-refractivity contribution is 5.34. The van der Waals surface area contributed by atoms with Gasteiger partial charge in [-0.15, -0.1) is 0 Å². The maximum atomic E-state index is 5.70. The van der Waals surface area contributed by atoms with Crippen molar-refractivity contribution in [2.45, 2.75) is 19.8 Å². The average molecular weight is 233 g/mol. The van der Waals surface area contributed by atoms with Gasteiger partial charge in [0.1, 0.15) is 11.6 Å². The summed E-state index contributed by atoms with van der Waals surface area (Å²) in [5.41, 5.74) is 5.70. The first-order valence-corrected chi connectivity index (χ1v) is 5.47. The third kappa shape index (κ3) is 2.93. The molecule has 0 aliphatic carbocycles. The molecule has 0 atom stereocenters. The fourth-order valence-corrected chi connectivity index (χ4v) is 1.45. The molecule has 0 amide bonds. The molecule has 2 aromatic heterocycles. The fourth-order valence-electron chi connectivity index (χ4n) is 1.45. The van der Waals surface area contributed by atoms with Crippen molar-refractivity contribution in [2.75, 3.05) is 5.73 Å². The van der Waals surface area contributed by atoms with Gasteiger partial charge >= 0.3 is 0 Å². The Balaban J connectivity index is 2.20. The van der Waals surface area contributed by atoms with E-state index in [1.54, 1.807) is 23.1 Å². The molecule has 0 saturated heterocycles. The molecule has 2 N–H and O–H groups in total. The molecule has 2 rings (SSSR count). The number of nitrogens with zero attached hydrogens (tertiary/aromatic N) is 4. The normalized spacial score (nSPS) is 10.5. The topological polar surface area (TPSA) is 78.9 Å². The van der Waals surface area contributed by atoms with Crippen LogP contribution in [0.4, 0.5) is 5.82 Å². The van der Waals surface area contributed by atoms with Gasteiger partial charge in [0.25, 0.3) is 0 Å². The Hall–Kier alpha value is -2.11. The van der Waals surface area contributed by atoms with Crippen LogP contribution in [0.3, 0.4) is 0 Å². The SMILES string of the molecule is CCCc1nc(N)cc(Oc2cnn(C)c2)n1. The van der Waals surface area contributed by atoms with Gasteiger partial charge in [-0.2, -0.15) is 10.1 Å². The number of aryl methyl sites for hydroxylation is 2. The lowest BCUT2D eigenvalue weighted by Gasteiger charge is -2.05. The monoisotopic (exact) mass is 233 g/mol. The van der Waals surface area contributed by atoms with E-state index in [1.807, 2.05) is 7.05 Å². The van der Waals surface area contributed by atoms with Crippen LogP contribution in [0.15, 0.2) is 18.5 Å².